The smallest absolute Gasteiger partial charge is 0.255 e. The highest BCUT2D eigenvalue weighted by Gasteiger charge is 2.34. The van der Waals surface area contributed by atoms with E-state index in [9.17, 15) is 9.59 Å². The summed E-state index contributed by atoms with van der Waals surface area (Å²) in [7, 11) is 0. The summed E-state index contributed by atoms with van der Waals surface area (Å²) in [5, 5.41) is 9.55. The van der Waals surface area contributed by atoms with Gasteiger partial charge in [0.05, 0.1) is 29.7 Å². The molecule has 1 aliphatic heterocycles. The number of fused-ring (bicyclic) bond motifs is 1. The summed E-state index contributed by atoms with van der Waals surface area (Å²) in [5.41, 5.74) is 5.06. The fraction of sp³-hybridized carbons (Fsp3) is 0.444. The molecule has 2 unspecified atom stereocenters. The number of ether oxygens (including phenoxy) is 1. The first-order valence-electron chi connectivity index (χ1n) is 15.9. The van der Waals surface area contributed by atoms with E-state index in [0.717, 1.165) is 60.6 Å². The van der Waals surface area contributed by atoms with Gasteiger partial charge in [0.15, 0.2) is 0 Å². The second-order valence-electron chi connectivity index (χ2n) is 12.8. The van der Waals surface area contributed by atoms with Crippen LogP contribution in [0.1, 0.15) is 82.1 Å². The maximum atomic E-state index is 13.6. The Morgan fingerprint density at radius 2 is 1.75 bits per heavy atom. The normalized spacial score (nSPS) is 16.2. The van der Waals surface area contributed by atoms with E-state index < -0.39 is 5.41 Å². The molecule has 1 aromatic heterocycles. The number of amides is 2. The Balaban J connectivity index is 1.22. The summed E-state index contributed by atoms with van der Waals surface area (Å²) in [6.45, 7) is 10.1. The lowest BCUT2D eigenvalue weighted by Crippen LogP contribution is -2.35. The maximum absolute atomic E-state index is 13.6. The van der Waals surface area contributed by atoms with E-state index >= 15 is 0 Å². The Morgan fingerprint density at radius 3 is 2.43 bits per heavy atom. The van der Waals surface area contributed by atoms with Crippen molar-refractivity contribution >= 4 is 40.3 Å². The number of nitrogens with one attached hydrogen (secondary N) is 3. The molecule has 1 saturated carbocycles. The summed E-state index contributed by atoms with van der Waals surface area (Å²) >= 11 is 0. The van der Waals surface area contributed by atoms with Gasteiger partial charge in [-0.2, -0.15) is 0 Å². The first kappa shape index (κ1) is 31.4. The van der Waals surface area contributed by atoms with Gasteiger partial charge < -0.3 is 20.7 Å². The first-order valence-corrected chi connectivity index (χ1v) is 15.9. The van der Waals surface area contributed by atoms with Crippen molar-refractivity contribution in [2.24, 2.45) is 22.2 Å². The molecule has 8 nitrogen and oxygen atoms in total. The van der Waals surface area contributed by atoms with Crippen LogP contribution in [0.15, 0.2) is 72.0 Å². The van der Waals surface area contributed by atoms with Crippen molar-refractivity contribution in [1.82, 2.24) is 4.98 Å². The molecule has 0 radical (unpaired) electrons. The van der Waals surface area contributed by atoms with Gasteiger partial charge in [-0.05, 0) is 98.4 Å². The molecular formula is C36H45N5O3. The number of carbonyl (C=O) groups excluding carboxylic acids is 2. The summed E-state index contributed by atoms with van der Waals surface area (Å²) in [5.74, 6) is 0.905. The number of rotatable bonds is 14. The van der Waals surface area contributed by atoms with Gasteiger partial charge in [-0.25, -0.2) is 4.99 Å². The average Bonchev–Trinajstić information content (AvgIpc) is 3.85. The standard InChI is InChI=1S/C36H45N5O3/c1-5-36(4,22-25(20-24(2)3)16-19-44-30-11-12-30)35(43)40-28-8-6-26(7-9-28)33-23-38-31-13-10-29(21-32(31)41-33)39-34(42)27-14-17-37-18-15-27/h6-10,13-15,17-18,21,24-25,30,38H,5,11-12,16,19-20,22-23H2,1-4H3,(H,39,42)(H,40,43). The van der Waals surface area contributed by atoms with Crippen LogP contribution >= 0.6 is 0 Å². The summed E-state index contributed by atoms with van der Waals surface area (Å²) in [4.78, 5) is 35.0. The van der Waals surface area contributed by atoms with Crippen LogP contribution in [-0.2, 0) is 9.53 Å². The van der Waals surface area contributed by atoms with E-state index in [2.05, 4.69) is 48.6 Å². The summed E-state index contributed by atoms with van der Waals surface area (Å²) < 4.78 is 5.95. The van der Waals surface area contributed by atoms with E-state index in [1.165, 1.54) is 12.8 Å². The van der Waals surface area contributed by atoms with Crippen LogP contribution in [0, 0.1) is 17.3 Å². The first-order chi connectivity index (χ1) is 21.2. The number of hydrogen-bond acceptors (Lipinski definition) is 6. The third-order valence-electron chi connectivity index (χ3n) is 8.65. The summed E-state index contributed by atoms with van der Waals surface area (Å²) in [6.07, 6.45) is 9.77. The fourth-order valence-corrected chi connectivity index (χ4v) is 5.76. The Hall–Kier alpha value is -4.04. The van der Waals surface area contributed by atoms with Gasteiger partial charge in [0.25, 0.3) is 5.91 Å². The van der Waals surface area contributed by atoms with Crippen molar-refractivity contribution in [1.29, 1.82) is 0 Å². The van der Waals surface area contributed by atoms with E-state index in [-0.39, 0.29) is 11.8 Å². The molecule has 0 spiro atoms. The number of hydrogen-bond donors (Lipinski definition) is 3. The van der Waals surface area contributed by atoms with Crippen LogP contribution in [-0.4, -0.2) is 41.8 Å². The Bertz CT molecular complexity index is 1470. The van der Waals surface area contributed by atoms with Crippen molar-refractivity contribution in [3.63, 3.8) is 0 Å². The molecule has 2 aliphatic rings. The van der Waals surface area contributed by atoms with Gasteiger partial charge >= 0.3 is 0 Å². The monoisotopic (exact) mass is 595 g/mol. The lowest BCUT2D eigenvalue weighted by atomic mass is 9.75. The van der Waals surface area contributed by atoms with Gasteiger partial charge in [-0.1, -0.05) is 39.8 Å². The topological polar surface area (TPSA) is 105 Å². The molecule has 1 aliphatic carbocycles. The van der Waals surface area contributed by atoms with Crippen LogP contribution in [0.3, 0.4) is 0 Å². The van der Waals surface area contributed by atoms with Gasteiger partial charge in [0.1, 0.15) is 0 Å². The van der Waals surface area contributed by atoms with Crippen molar-refractivity contribution in [3.8, 4) is 0 Å². The molecule has 3 aromatic rings. The number of anilines is 3. The molecule has 232 valence electrons. The maximum Gasteiger partial charge on any atom is 0.255 e. The second kappa shape index (κ2) is 14.2. The zero-order valence-electron chi connectivity index (χ0n) is 26.4. The minimum Gasteiger partial charge on any atom is -0.378 e. The molecule has 0 bridgehead atoms. The van der Waals surface area contributed by atoms with Crippen molar-refractivity contribution in [3.05, 3.63) is 78.1 Å². The van der Waals surface area contributed by atoms with E-state index in [0.29, 0.717) is 35.7 Å². The van der Waals surface area contributed by atoms with Gasteiger partial charge in [0, 0.05) is 41.4 Å². The largest absolute Gasteiger partial charge is 0.378 e. The van der Waals surface area contributed by atoms with E-state index in [1.807, 2.05) is 42.5 Å². The van der Waals surface area contributed by atoms with Crippen molar-refractivity contribution in [2.75, 3.05) is 29.1 Å². The zero-order chi connectivity index (χ0) is 31.1. The molecule has 2 heterocycles. The molecule has 44 heavy (non-hydrogen) atoms. The van der Waals surface area contributed by atoms with Gasteiger partial charge in [-0.3, -0.25) is 14.6 Å². The number of pyridine rings is 1. The molecular weight excluding hydrogens is 550 g/mol. The average molecular weight is 596 g/mol. The van der Waals surface area contributed by atoms with Crippen molar-refractivity contribution < 1.29 is 14.3 Å². The molecule has 2 atom stereocenters. The van der Waals surface area contributed by atoms with Crippen LogP contribution in [0.2, 0.25) is 0 Å². The van der Waals surface area contributed by atoms with Crippen molar-refractivity contribution in [2.45, 2.75) is 72.3 Å². The molecule has 8 heteroatoms. The number of nitrogens with zero attached hydrogens (tertiary/aromatic N) is 2. The van der Waals surface area contributed by atoms with Gasteiger partial charge in [-0.15, -0.1) is 0 Å². The molecule has 1 fully saturated rings. The van der Waals surface area contributed by atoms with Crippen LogP contribution in [0.4, 0.5) is 22.7 Å². The molecule has 2 aromatic carbocycles. The number of aliphatic imine (C=N–C) groups is 1. The Morgan fingerprint density at radius 1 is 1.02 bits per heavy atom. The molecule has 0 saturated heterocycles. The van der Waals surface area contributed by atoms with E-state index in [4.69, 9.17) is 9.73 Å². The highest BCUT2D eigenvalue weighted by Crippen LogP contribution is 2.36. The third kappa shape index (κ3) is 8.32. The molecule has 3 N–H and O–H groups in total. The third-order valence-corrected chi connectivity index (χ3v) is 8.65. The Labute approximate surface area is 261 Å². The van der Waals surface area contributed by atoms with Crippen LogP contribution < -0.4 is 16.0 Å². The fourth-order valence-electron chi connectivity index (χ4n) is 5.76. The lowest BCUT2D eigenvalue weighted by molar-refractivity contribution is -0.126. The SMILES string of the molecule is CCC(C)(CC(CCOC1CC1)CC(C)C)C(=O)Nc1ccc(C2=Nc3cc(NC(=O)c4ccncc4)ccc3NC2)cc1. The van der Waals surface area contributed by atoms with Crippen LogP contribution in [0.5, 0.6) is 0 Å². The predicted octanol–water partition coefficient (Wildman–Crippen LogP) is 7.86. The lowest BCUT2D eigenvalue weighted by Gasteiger charge is -2.32. The van der Waals surface area contributed by atoms with Crippen LogP contribution in [0.25, 0.3) is 0 Å². The zero-order valence-corrected chi connectivity index (χ0v) is 26.4. The molecule has 2 amide bonds. The van der Waals surface area contributed by atoms with Gasteiger partial charge in [0.2, 0.25) is 5.91 Å². The quantitative estimate of drug-likeness (QED) is 0.176. The highest BCUT2D eigenvalue weighted by molar-refractivity contribution is 6.08. The number of benzene rings is 2. The predicted molar refractivity (Wildman–Crippen MR) is 178 cm³/mol. The number of carbonyl (C=O) groups is 2. The van der Waals surface area contributed by atoms with E-state index in [1.54, 1.807) is 24.5 Å². The number of aromatic nitrogens is 1. The highest BCUT2D eigenvalue weighted by atomic mass is 16.5. The Kier molecular flexibility index (Phi) is 10.1. The summed E-state index contributed by atoms with van der Waals surface area (Å²) in [6, 6.07) is 16.9. The minimum absolute atomic E-state index is 0.0663. The molecule has 5 rings (SSSR count). The minimum atomic E-state index is -0.455. The second-order valence-corrected chi connectivity index (χ2v) is 12.8.